The van der Waals surface area contributed by atoms with Gasteiger partial charge in [0.15, 0.2) is 0 Å². The van der Waals surface area contributed by atoms with Crippen molar-refractivity contribution in [3.8, 4) is 0 Å². The monoisotopic (exact) mass is 429 g/mol. The van der Waals surface area contributed by atoms with E-state index in [2.05, 4.69) is 66.9 Å². The third kappa shape index (κ3) is 5.12. The number of rotatable bonds is 9. The van der Waals surface area contributed by atoms with Gasteiger partial charge in [-0.3, -0.25) is 0 Å². The zero-order valence-corrected chi connectivity index (χ0v) is 22.4. The van der Waals surface area contributed by atoms with Crippen LogP contribution >= 0.6 is 0 Å². The molecule has 3 aliphatic carbocycles. The van der Waals surface area contributed by atoms with Crippen molar-refractivity contribution >= 4 is 0 Å². The van der Waals surface area contributed by atoms with Crippen LogP contribution in [0.3, 0.4) is 0 Å². The molecule has 2 saturated carbocycles. The maximum atomic E-state index is 3.57. The molecule has 0 heterocycles. The summed E-state index contributed by atoms with van der Waals surface area (Å²) < 4.78 is 0. The van der Waals surface area contributed by atoms with E-state index in [1.807, 2.05) is 5.57 Å². The summed E-state index contributed by atoms with van der Waals surface area (Å²) in [5.74, 6) is 5.34. The molecule has 31 heavy (non-hydrogen) atoms. The Morgan fingerprint density at radius 1 is 1.06 bits per heavy atom. The van der Waals surface area contributed by atoms with Crippen LogP contribution in [-0.2, 0) is 0 Å². The van der Waals surface area contributed by atoms with Crippen LogP contribution in [0.2, 0.25) is 0 Å². The molecule has 1 N–H and O–H groups in total. The van der Waals surface area contributed by atoms with E-state index < -0.39 is 0 Å². The van der Waals surface area contributed by atoms with Crippen LogP contribution < -0.4 is 5.32 Å². The molecule has 0 aromatic rings. The number of fused-ring (bicyclic) bond motifs is 3. The zero-order chi connectivity index (χ0) is 22.8. The molecule has 0 amide bonds. The molecule has 1 nitrogen and oxygen atoms in total. The van der Waals surface area contributed by atoms with Crippen LogP contribution in [-0.4, -0.2) is 13.1 Å². The Morgan fingerprint density at radius 3 is 2.45 bits per heavy atom. The summed E-state index contributed by atoms with van der Waals surface area (Å²) in [6.07, 6.45) is 18.1. The quantitative estimate of drug-likeness (QED) is 0.361. The van der Waals surface area contributed by atoms with Gasteiger partial charge in [-0.25, -0.2) is 0 Å². The summed E-state index contributed by atoms with van der Waals surface area (Å²) in [4.78, 5) is 0. The summed E-state index contributed by atoms with van der Waals surface area (Å²) in [5.41, 5.74) is 2.83. The average molecular weight is 430 g/mol. The van der Waals surface area contributed by atoms with E-state index in [0.29, 0.717) is 16.9 Å². The second kappa shape index (κ2) is 10.3. The minimum Gasteiger partial charge on any atom is -0.317 e. The van der Waals surface area contributed by atoms with Gasteiger partial charge in [-0.1, -0.05) is 85.8 Å². The van der Waals surface area contributed by atoms with Gasteiger partial charge in [-0.05, 0) is 98.3 Å². The van der Waals surface area contributed by atoms with Crippen LogP contribution in [0.15, 0.2) is 11.6 Å². The number of hydrogen-bond acceptors (Lipinski definition) is 1. The van der Waals surface area contributed by atoms with E-state index in [9.17, 15) is 0 Å². The molecular weight excluding hydrogens is 374 g/mol. The fraction of sp³-hybridized carbons (Fsp3) is 0.933. The van der Waals surface area contributed by atoms with Gasteiger partial charge in [0.1, 0.15) is 0 Å². The molecule has 1 heteroatoms. The van der Waals surface area contributed by atoms with E-state index in [0.717, 1.165) is 35.5 Å². The fourth-order valence-electron chi connectivity index (χ4n) is 8.50. The first-order valence-corrected chi connectivity index (χ1v) is 14.0. The van der Waals surface area contributed by atoms with Crippen LogP contribution in [0.1, 0.15) is 119 Å². The minimum atomic E-state index is 0.485. The summed E-state index contributed by atoms with van der Waals surface area (Å²) in [5, 5.41) is 3.57. The smallest absolute Gasteiger partial charge is 0.0102 e. The lowest BCUT2D eigenvalue weighted by Gasteiger charge is -2.60. The van der Waals surface area contributed by atoms with Crippen molar-refractivity contribution in [2.45, 2.75) is 125 Å². The fourth-order valence-corrected chi connectivity index (χ4v) is 8.50. The van der Waals surface area contributed by atoms with Gasteiger partial charge in [-0.2, -0.15) is 0 Å². The predicted molar refractivity (Wildman–Crippen MR) is 137 cm³/mol. The van der Waals surface area contributed by atoms with Crippen molar-refractivity contribution < 1.29 is 0 Å². The van der Waals surface area contributed by atoms with Gasteiger partial charge in [0, 0.05) is 6.04 Å². The SMILES string of the molecule is CC[C@H]1C2CC=C3CC(NC)CCC3(C)[C@H]2CCC1(C)C(C)CC(C)CCCC(C)C. The minimum absolute atomic E-state index is 0.485. The Bertz CT molecular complexity index is 606. The Hall–Kier alpha value is -0.300. The van der Waals surface area contributed by atoms with E-state index in [-0.39, 0.29) is 0 Å². The lowest BCUT2D eigenvalue weighted by atomic mass is 9.45. The molecule has 2 fully saturated rings. The summed E-state index contributed by atoms with van der Waals surface area (Å²) in [6, 6.07) is 0.712. The summed E-state index contributed by atoms with van der Waals surface area (Å²) >= 11 is 0. The van der Waals surface area contributed by atoms with Crippen molar-refractivity contribution in [2.75, 3.05) is 7.05 Å². The van der Waals surface area contributed by atoms with Crippen molar-refractivity contribution in [3.05, 3.63) is 11.6 Å². The highest BCUT2D eigenvalue weighted by atomic mass is 14.9. The Balaban J connectivity index is 1.71. The van der Waals surface area contributed by atoms with Crippen molar-refractivity contribution in [3.63, 3.8) is 0 Å². The summed E-state index contributed by atoms with van der Waals surface area (Å²) in [6.45, 7) is 17.7. The highest BCUT2D eigenvalue weighted by molar-refractivity contribution is 5.25. The normalized spacial score (nSPS) is 40.1. The van der Waals surface area contributed by atoms with E-state index in [1.54, 1.807) is 0 Å². The number of allylic oxidation sites excluding steroid dienone is 1. The average Bonchev–Trinajstić information content (AvgIpc) is 2.72. The van der Waals surface area contributed by atoms with E-state index in [4.69, 9.17) is 0 Å². The highest BCUT2D eigenvalue weighted by Crippen LogP contribution is 2.63. The van der Waals surface area contributed by atoms with Crippen LogP contribution in [0.5, 0.6) is 0 Å². The second-order valence-corrected chi connectivity index (χ2v) is 13.0. The van der Waals surface area contributed by atoms with Gasteiger partial charge < -0.3 is 5.32 Å². The molecule has 0 spiro atoms. The maximum absolute atomic E-state index is 3.57. The molecule has 8 atom stereocenters. The van der Waals surface area contributed by atoms with E-state index >= 15 is 0 Å². The predicted octanol–water partition coefficient (Wildman–Crippen LogP) is 8.64. The molecule has 3 rings (SSSR count). The maximum Gasteiger partial charge on any atom is 0.0102 e. The standard InChI is InChI=1S/C30H55N/c1-9-27-26-14-13-24-20-25(31-8)15-17-30(24,7)28(26)16-18-29(27,6)23(5)19-22(4)12-10-11-21(2)3/h13,21-23,25-28,31H,9-12,14-20H2,1-8H3/t22?,23?,25?,26?,27-,28-,29?,30?/m0/s1. The van der Waals surface area contributed by atoms with E-state index in [1.165, 1.54) is 70.6 Å². The number of nitrogens with one attached hydrogen (secondary N) is 1. The lowest BCUT2D eigenvalue weighted by Crippen LogP contribution is -2.53. The van der Waals surface area contributed by atoms with Crippen molar-refractivity contribution in [1.82, 2.24) is 5.32 Å². The molecule has 0 aliphatic heterocycles. The van der Waals surface area contributed by atoms with Crippen molar-refractivity contribution in [1.29, 1.82) is 0 Å². The third-order valence-corrected chi connectivity index (χ3v) is 10.7. The molecule has 0 bridgehead atoms. The van der Waals surface area contributed by atoms with Gasteiger partial charge in [-0.15, -0.1) is 0 Å². The largest absolute Gasteiger partial charge is 0.317 e. The number of hydrogen-bond donors (Lipinski definition) is 1. The zero-order valence-electron chi connectivity index (χ0n) is 22.4. The summed E-state index contributed by atoms with van der Waals surface area (Å²) in [7, 11) is 2.16. The Labute approximate surface area is 195 Å². The van der Waals surface area contributed by atoms with Gasteiger partial charge >= 0.3 is 0 Å². The molecule has 0 aromatic heterocycles. The molecule has 180 valence electrons. The van der Waals surface area contributed by atoms with Crippen LogP contribution in [0, 0.1) is 46.3 Å². The Kier molecular flexibility index (Phi) is 8.43. The molecule has 0 aromatic carbocycles. The second-order valence-electron chi connectivity index (χ2n) is 13.0. The first kappa shape index (κ1) is 25.3. The molecule has 0 radical (unpaired) electrons. The van der Waals surface area contributed by atoms with Gasteiger partial charge in [0.2, 0.25) is 0 Å². The topological polar surface area (TPSA) is 12.0 Å². The molecular formula is C30H55N. The third-order valence-electron chi connectivity index (χ3n) is 10.7. The van der Waals surface area contributed by atoms with Gasteiger partial charge in [0.05, 0.1) is 0 Å². The first-order chi connectivity index (χ1) is 14.7. The molecule has 3 aliphatic rings. The first-order valence-electron chi connectivity index (χ1n) is 14.0. The van der Waals surface area contributed by atoms with Gasteiger partial charge in [0.25, 0.3) is 0 Å². The Morgan fingerprint density at radius 2 is 1.81 bits per heavy atom. The van der Waals surface area contributed by atoms with Crippen LogP contribution in [0.25, 0.3) is 0 Å². The van der Waals surface area contributed by atoms with Crippen molar-refractivity contribution in [2.24, 2.45) is 46.3 Å². The molecule has 6 unspecified atom stereocenters. The molecule has 0 saturated heterocycles. The lowest BCUT2D eigenvalue weighted by molar-refractivity contribution is -0.0732. The van der Waals surface area contributed by atoms with Crippen LogP contribution in [0.4, 0.5) is 0 Å². The highest BCUT2D eigenvalue weighted by Gasteiger charge is 2.55.